The van der Waals surface area contributed by atoms with Crippen molar-refractivity contribution in [3.63, 3.8) is 0 Å². The highest BCUT2D eigenvalue weighted by Crippen LogP contribution is 2.25. The minimum Gasteiger partial charge on any atom is -0.224 e. The highest BCUT2D eigenvalue weighted by Gasteiger charge is 2.18. The van der Waals surface area contributed by atoms with Crippen LogP contribution in [0.4, 0.5) is 0 Å². The molecule has 0 saturated carbocycles. The Morgan fingerprint density at radius 2 is 1.83 bits per heavy atom. The second-order valence-corrected chi connectivity index (χ2v) is 4.86. The van der Waals surface area contributed by atoms with E-state index in [0.717, 1.165) is 31.3 Å². The van der Waals surface area contributed by atoms with Crippen LogP contribution < -0.4 is 0 Å². The summed E-state index contributed by atoms with van der Waals surface area (Å²) in [6, 6.07) is 0.343. The SMILES string of the molecule is CCCC(CCC)n1nnc2c(Cl)nc(C)nc21. The maximum Gasteiger partial charge on any atom is 0.183 e. The first-order valence-corrected chi connectivity index (χ1v) is 6.80. The van der Waals surface area contributed by atoms with E-state index < -0.39 is 0 Å². The number of nitrogens with zero attached hydrogens (tertiary/aromatic N) is 5. The third kappa shape index (κ3) is 2.46. The Balaban J connectivity index is 2.49. The Kier molecular flexibility index (Phi) is 4.11. The summed E-state index contributed by atoms with van der Waals surface area (Å²) in [5.74, 6) is 0.655. The fraction of sp³-hybridized carbons (Fsp3) is 0.667. The molecule has 2 rings (SSSR count). The molecule has 0 fully saturated rings. The van der Waals surface area contributed by atoms with Gasteiger partial charge in [-0.2, -0.15) is 0 Å². The first kappa shape index (κ1) is 13.2. The van der Waals surface area contributed by atoms with E-state index in [9.17, 15) is 0 Å². The zero-order valence-electron chi connectivity index (χ0n) is 11.0. The van der Waals surface area contributed by atoms with Crippen LogP contribution in [0.15, 0.2) is 0 Å². The average molecular weight is 268 g/mol. The number of fused-ring (bicyclic) bond motifs is 1. The van der Waals surface area contributed by atoms with Crippen molar-refractivity contribution in [1.29, 1.82) is 0 Å². The van der Waals surface area contributed by atoms with Crippen LogP contribution in [0.3, 0.4) is 0 Å². The van der Waals surface area contributed by atoms with Gasteiger partial charge in [-0.15, -0.1) is 5.10 Å². The van der Waals surface area contributed by atoms with Crippen LogP contribution in [0, 0.1) is 6.92 Å². The van der Waals surface area contributed by atoms with Gasteiger partial charge in [-0.3, -0.25) is 0 Å². The fourth-order valence-corrected chi connectivity index (χ4v) is 2.45. The molecule has 2 aromatic heterocycles. The van der Waals surface area contributed by atoms with Gasteiger partial charge in [0.05, 0.1) is 6.04 Å². The monoisotopic (exact) mass is 267 g/mol. The standard InChI is InChI=1S/C12H18ClN5/c1-4-6-9(7-5-2)18-12-10(16-17-18)11(13)14-8(3)15-12/h9H,4-7H2,1-3H3. The van der Waals surface area contributed by atoms with Crippen LogP contribution in [0.5, 0.6) is 0 Å². The number of aryl methyl sites for hydroxylation is 1. The second kappa shape index (κ2) is 5.61. The number of rotatable bonds is 5. The van der Waals surface area contributed by atoms with E-state index >= 15 is 0 Å². The van der Waals surface area contributed by atoms with E-state index in [-0.39, 0.29) is 0 Å². The van der Waals surface area contributed by atoms with E-state index in [1.54, 1.807) is 0 Å². The van der Waals surface area contributed by atoms with E-state index in [0.29, 0.717) is 22.5 Å². The fourth-order valence-electron chi connectivity index (χ4n) is 2.20. The van der Waals surface area contributed by atoms with Gasteiger partial charge in [0.15, 0.2) is 16.3 Å². The quantitative estimate of drug-likeness (QED) is 0.780. The zero-order valence-corrected chi connectivity index (χ0v) is 11.8. The Bertz CT molecular complexity index is 530. The topological polar surface area (TPSA) is 56.5 Å². The van der Waals surface area contributed by atoms with E-state index in [1.165, 1.54) is 0 Å². The van der Waals surface area contributed by atoms with Gasteiger partial charge < -0.3 is 0 Å². The summed E-state index contributed by atoms with van der Waals surface area (Å²) in [5, 5.41) is 8.70. The summed E-state index contributed by atoms with van der Waals surface area (Å²) < 4.78 is 1.91. The summed E-state index contributed by atoms with van der Waals surface area (Å²) in [6.07, 6.45) is 4.38. The van der Waals surface area contributed by atoms with Gasteiger partial charge >= 0.3 is 0 Å². The third-order valence-electron chi connectivity index (χ3n) is 2.98. The summed E-state index contributed by atoms with van der Waals surface area (Å²) in [4.78, 5) is 8.53. The molecule has 6 heteroatoms. The largest absolute Gasteiger partial charge is 0.224 e. The molecule has 0 aliphatic carbocycles. The molecule has 0 amide bonds. The Morgan fingerprint density at radius 1 is 1.17 bits per heavy atom. The van der Waals surface area contributed by atoms with Gasteiger partial charge in [0.2, 0.25) is 0 Å². The van der Waals surface area contributed by atoms with Gasteiger partial charge in [0.25, 0.3) is 0 Å². The minimum atomic E-state index is 0.343. The first-order chi connectivity index (χ1) is 8.67. The van der Waals surface area contributed by atoms with Gasteiger partial charge in [-0.1, -0.05) is 43.5 Å². The molecular formula is C12H18ClN5. The molecule has 0 bridgehead atoms. The second-order valence-electron chi connectivity index (χ2n) is 4.50. The highest BCUT2D eigenvalue weighted by molar-refractivity contribution is 6.33. The van der Waals surface area contributed by atoms with E-state index in [1.807, 2.05) is 11.6 Å². The summed E-state index contributed by atoms with van der Waals surface area (Å²) in [5.41, 5.74) is 1.35. The maximum absolute atomic E-state index is 6.07. The molecule has 18 heavy (non-hydrogen) atoms. The van der Waals surface area contributed by atoms with Gasteiger partial charge in [0, 0.05) is 0 Å². The Morgan fingerprint density at radius 3 is 2.44 bits per heavy atom. The molecule has 0 N–H and O–H groups in total. The molecule has 0 saturated heterocycles. The molecule has 0 radical (unpaired) electrons. The van der Waals surface area contributed by atoms with Crippen LogP contribution in [-0.2, 0) is 0 Å². The molecule has 0 unspecified atom stereocenters. The number of hydrogen-bond donors (Lipinski definition) is 0. The van der Waals surface area contributed by atoms with Crippen molar-refractivity contribution in [3.05, 3.63) is 11.0 Å². The van der Waals surface area contributed by atoms with Crippen LogP contribution in [-0.4, -0.2) is 25.0 Å². The van der Waals surface area contributed by atoms with Crippen molar-refractivity contribution < 1.29 is 0 Å². The molecule has 0 spiro atoms. The van der Waals surface area contributed by atoms with E-state index in [4.69, 9.17) is 11.6 Å². The van der Waals surface area contributed by atoms with Crippen molar-refractivity contribution in [2.45, 2.75) is 52.5 Å². The summed E-state index contributed by atoms with van der Waals surface area (Å²) >= 11 is 6.07. The highest BCUT2D eigenvalue weighted by atomic mass is 35.5. The van der Waals surface area contributed by atoms with Crippen molar-refractivity contribution in [2.24, 2.45) is 0 Å². The normalized spacial score (nSPS) is 11.6. The van der Waals surface area contributed by atoms with Crippen LogP contribution in [0.1, 0.15) is 51.4 Å². The van der Waals surface area contributed by atoms with Crippen LogP contribution in [0.2, 0.25) is 5.15 Å². The Labute approximate surface area is 112 Å². The van der Waals surface area contributed by atoms with Crippen LogP contribution in [0.25, 0.3) is 11.2 Å². The lowest BCUT2D eigenvalue weighted by atomic mass is 10.1. The molecule has 0 atom stereocenters. The molecule has 98 valence electrons. The number of aromatic nitrogens is 5. The smallest absolute Gasteiger partial charge is 0.183 e. The summed E-state index contributed by atoms with van der Waals surface area (Å²) in [7, 11) is 0. The molecule has 0 aliphatic heterocycles. The predicted octanol–water partition coefficient (Wildman–Crippen LogP) is 3.32. The van der Waals surface area contributed by atoms with Gasteiger partial charge in [-0.05, 0) is 19.8 Å². The molecule has 0 aliphatic rings. The van der Waals surface area contributed by atoms with Gasteiger partial charge in [-0.25, -0.2) is 14.6 Å². The first-order valence-electron chi connectivity index (χ1n) is 6.42. The van der Waals surface area contributed by atoms with Gasteiger partial charge in [0.1, 0.15) is 5.82 Å². The average Bonchev–Trinajstić information content (AvgIpc) is 2.72. The lowest BCUT2D eigenvalue weighted by Gasteiger charge is -2.15. The Hall–Kier alpha value is -1.23. The molecule has 5 nitrogen and oxygen atoms in total. The van der Waals surface area contributed by atoms with E-state index in [2.05, 4.69) is 34.1 Å². The molecular weight excluding hydrogens is 250 g/mol. The lowest BCUT2D eigenvalue weighted by Crippen LogP contribution is -2.11. The van der Waals surface area contributed by atoms with Crippen molar-refractivity contribution in [1.82, 2.24) is 25.0 Å². The van der Waals surface area contributed by atoms with Crippen molar-refractivity contribution >= 4 is 22.8 Å². The molecule has 0 aromatic carbocycles. The maximum atomic E-state index is 6.07. The van der Waals surface area contributed by atoms with Crippen molar-refractivity contribution in [2.75, 3.05) is 0 Å². The third-order valence-corrected chi connectivity index (χ3v) is 3.25. The predicted molar refractivity (Wildman–Crippen MR) is 71.7 cm³/mol. The summed E-state index contributed by atoms with van der Waals surface area (Å²) in [6.45, 7) is 6.18. The molecule has 2 heterocycles. The zero-order chi connectivity index (χ0) is 13.1. The number of hydrogen-bond acceptors (Lipinski definition) is 4. The van der Waals surface area contributed by atoms with Crippen molar-refractivity contribution in [3.8, 4) is 0 Å². The minimum absolute atomic E-state index is 0.343. The van der Waals surface area contributed by atoms with Crippen LogP contribution >= 0.6 is 11.6 Å². The number of halogens is 1. The lowest BCUT2D eigenvalue weighted by molar-refractivity contribution is 0.391. The molecule has 2 aromatic rings.